The van der Waals surface area contributed by atoms with Gasteiger partial charge < -0.3 is 15.5 Å². The van der Waals surface area contributed by atoms with Gasteiger partial charge in [0.15, 0.2) is 0 Å². The lowest BCUT2D eigenvalue weighted by molar-refractivity contribution is -0.116. The van der Waals surface area contributed by atoms with Crippen LogP contribution in [0, 0.1) is 0 Å². The smallest absolute Gasteiger partial charge is 0.223 e. The summed E-state index contributed by atoms with van der Waals surface area (Å²) in [4.78, 5) is 16.3. The Balaban J connectivity index is 2.37. The van der Waals surface area contributed by atoms with E-state index in [4.69, 9.17) is 5.73 Å². The predicted octanol–water partition coefficient (Wildman–Crippen LogP) is 3.12. The van der Waals surface area contributed by atoms with Gasteiger partial charge in [-0.15, -0.1) is 0 Å². The van der Waals surface area contributed by atoms with E-state index in [2.05, 4.69) is 18.7 Å². The normalized spacial score (nSPS) is 11.1. The van der Waals surface area contributed by atoms with Crippen LogP contribution in [-0.2, 0) is 4.79 Å². The van der Waals surface area contributed by atoms with Crippen molar-refractivity contribution in [3.05, 3.63) is 36.4 Å². The van der Waals surface area contributed by atoms with Crippen molar-refractivity contribution in [1.29, 1.82) is 0 Å². The summed E-state index contributed by atoms with van der Waals surface area (Å²) in [5.41, 5.74) is 7.73. The van der Waals surface area contributed by atoms with Crippen molar-refractivity contribution in [1.82, 2.24) is 4.90 Å². The van der Waals surface area contributed by atoms with Crippen LogP contribution >= 0.6 is 0 Å². The second-order valence-electron chi connectivity index (χ2n) is 5.42. The number of nitrogens with two attached hydrogens (primary N) is 1. The predicted molar refractivity (Wildman–Crippen MR) is 94.2 cm³/mol. The molecule has 2 aromatic rings. The number of anilines is 2. The number of likely N-dealkylation sites (N-methyl/N-ethyl adjacent to an activating group) is 1. The molecule has 2 aromatic carbocycles. The van der Waals surface area contributed by atoms with Crippen LogP contribution in [0.2, 0.25) is 0 Å². The van der Waals surface area contributed by atoms with Gasteiger partial charge in [-0.25, -0.2) is 0 Å². The lowest BCUT2D eigenvalue weighted by Crippen LogP contribution is -2.37. The molecule has 2 N–H and O–H groups in total. The molecule has 22 heavy (non-hydrogen) atoms. The van der Waals surface area contributed by atoms with Gasteiger partial charge in [-0.1, -0.05) is 38.1 Å². The Labute approximate surface area is 132 Å². The molecule has 118 valence electrons. The fourth-order valence-corrected chi connectivity index (χ4v) is 2.77. The standard InChI is InChI=1S/C18H25N3O/c1-4-20(5-2)12-13-21(14(3)22)18-11-10-17(19)15-8-6-7-9-16(15)18/h6-11H,4-5,12-13,19H2,1-3H3. The van der Waals surface area contributed by atoms with Gasteiger partial charge in [0.05, 0.1) is 5.69 Å². The minimum absolute atomic E-state index is 0.0575. The van der Waals surface area contributed by atoms with Crippen molar-refractivity contribution in [3.8, 4) is 0 Å². The summed E-state index contributed by atoms with van der Waals surface area (Å²) in [6.07, 6.45) is 0. The van der Waals surface area contributed by atoms with Crippen LogP contribution in [0.3, 0.4) is 0 Å². The summed E-state index contributed by atoms with van der Waals surface area (Å²) in [5, 5.41) is 2.02. The van der Waals surface area contributed by atoms with Crippen molar-refractivity contribution < 1.29 is 4.79 Å². The molecular weight excluding hydrogens is 274 g/mol. The number of carbonyl (C=O) groups excluding carboxylic acids is 1. The molecule has 0 unspecified atom stereocenters. The molecule has 1 amide bonds. The maximum Gasteiger partial charge on any atom is 0.223 e. The van der Waals surface area contributed by atoms with Crippen LogP contribution in [0.25, 0.3) is 10.8 Å². The molecule has 0 aromatic heterocycles. The third-order valence-corrected chi connectivity index (χ3v) is 4.14. The number of nitrogen functional groups attached to an aromatic ring is 1. The molecule has 0 saturated carbocycles. The van der Waals surface area contributed by atoms with E-state index in [1.807, 2.05) is 41.3 Å². The van der Waals surface area contributed by atoms with Crippen LogP contribution < -0.4 is 10.6 Å². The Morgan fingerprint density at radius 3 is 2.23 bits per heavy atom. The van der Waals surface area contributed by atoms with Crippen molar-refractivity contribution in [2.45, 2.75) is 20.8 Å². The average molecular weight is 299 g/mol. The van der Waals surface area contributed by atoms with E-state index in [0.717, 1.165) is 41.8 Å². The monoisotopic (exact) mass is 299 g/mol. The fourth-order valence-electron chi connectivity index (χ4n) is 2.77. The molecule has 4 nitrogen and oxygen atoms in total. The minimum atomic E-state index is 0.0575. The highest BCUT2D eigenvalue weighted by molar-refractivity contribution is 6.06. The first-order chi connectivity index (χ1) is 10.6. The molecule has 4 heteroatoms. The van der Waals surface area contributed by atoms with Gasteiger partial charge in [0.1, 0.15) is 0 Å². The highest BCUT2D eigenvalue weighted by atomic mass is 16.2. The molecule has 0 radical (unpaired) electrons. The zero-order valence-electron chi connectivity index (χ0n) is 13.7. The number of benzene rings is 2. The number of nitrogens with zero attached hydrogens (tertiary/aromatic N) is 2. The van der Waals surface area contributed by atoms with E-state index >= 15 is 0 Å². The van der Waals surface area contributed by atoms with Gasteiger partial charge in [-0.2, -0.15) is 0 Å². The summed E-state index contributed by atoms with van der Waals surface area (Å²) < 4.78 is 0. The third-order valence-electron chi connectivity index (χ3n) is 4.14. The number of rotatable bonds is 6. The van der Waals surface area contributed by atoms with E-state index < -0.39 is 0 Å². The zero-order chi connectivity index (χ0) is 16.1. The minimum Gasteiger partial charge on any atom is -0.398 e. The van der Waals surface area contributed by atoms with Gasteiger partial charge in [0.25, 0.3) is 0 Å². The first kappa shape index (κ1) is 16.3. The molecule has 0 saturated heterocycles. The van der Waals surface area contributed by atoms with Gasteiger partial charge >= 0.3 is 0 Å². The van der Waals surface area contributed by atoms with Crippen LogP contribution in [0.1, 0.15) is 20.8 Å². The highest BCUT2D eigenvalue weighted by Crippen LogP contribution is 2.30. The maximum absolute atomic E-state index is 12.1. The highest BCUT2D eigenvalue weighted by Gasteiger charge is 2.16. The van der Waals surface area contributed by atoms with Crippen LogP contribution in [-0.4, -0.2) is 37.0 Å². The average Bonchev–Trinajstić information content (AvgIpc) is 2.53. The number of fused-ring (bicyclic) bond motifs is 1. The summed E-state index contributed by atoms with van der Waals surface area (Å²) in [6, 6.07) is 11.8. The Morgan fingerprint density at radius 1 is 1.00 bits per heavy atom. The molecule has 0 atom stereocenters. The molecule has 0 aliphatic heterocycles. The van der Waals surface area contributed by atoms with Crippen molar-refractivity contribution >= 4 is 28.1 Å². The number of amides is 1. The molecule has 0 fully saturated rings. The van der Waals surface area contributed by atoms with Gasteiger partial charge in [0.2, 0.25) is 5.91 Å². The van der Waals surface area contributed by atoms with E-state index in [9.17, 15) is 4.79 Å². The number of hydrogen-bond acceptors (Lipinski definition) is 3. The topological polar surface area (TPSA) is 49.6 Å². The maximum atomic E-state index is 12.1. The molecule has 0 spiro atoms. The summed E-state index contributed by atoms with van der Waals surface area (Å²) in [6.45, 7) is 9.43. The van der Waals surface area contributed by atoms with Crippen molar-refractivity contribution in [2.75, 3.05) is 36.8 Å². The Hall–Kier alpha value is -2.07. The molecule has 0 aliphatic rings. The van der Waals surface area contributed by atoms with E-state index in [1.165, 1.54) is 0 Å². The van der Waals surface area contributed by atoms with E-state index in [-0.39, 0.29) is 5.91 Å². The van der Waals surface area contributed by atoms with E-state index in [1.54, 1.807) is 6.92 Å². The molecule has 2 rings (SSSR count). The first-order valence-corrected chi connectivity index (χ1v) is 7.86. The summed E-state index contributed by atoms with van der Waals surface area (Å²) in [5.74, 6) is 0.0575. The van der Waals surface area contributed by atoms with Gasteiger partial charge in [-0.3, -0.25) is 4.79 Å². The zero-order valence-corrected chi connectivity index (χ0v) is 13.7. The molecule has 0 bridgehead atoms. The lowest BCUT2D eigenvalue weighted by Gasteiger charge is -2.27. The third kappa shape index (κ3) is 3.39. The SMILES string of the molecule is CCN(CC)CCN(C(C)=O)c1ccc(N)c2ccccc12. The summed E-state index contributed by atoms with van der Waals surface area (Å²) >= 11 is 0. The Morgan fingerprint density at radius 2 is 1.64 bits per heavy atom. The second kappa shape index (κ2) is 7.27. The molecule has 0 heterocycles. The van der Waals surface area contributed by atoms with E-state index in [0.29, 0.717) is 6.54 Å². The second-order valence-corrected chi connectivity index (χ2v) is 5.42. The van der Waals surface area contributed by atoms with Crippen molar-refractivity contribution in [3.63, 3.8) is 0 Å². The Bertz CT molecular complexity index is 650. The molecular formula is C18H25N3O. The largest absolute Gasteiger partial charge is 0.398 e. The van der Waals surface area contributed by atoms with Gasteiger partial charge in [-0.05, 0) is 25.2 Å². The summed E-state index contributed by atoms with van der Waals surface area (Å²) in [7, 11) is 0. The fraction of sp³-hybridized carbons (Fsp3) is 0.389. The van der Waals surface area contributed by atoms with Crippen molar-refractivity contribution in [2.24, 2.45) is 0 Å². The first-order valence-electron chi connectivity index (χ1n) is 7.86. The van der Waals surface area contributed by atoms with Gasteiger partial charge in [0, 0.05) is 36.5 Å². The van der Waals surface area contributed by atoms with Crippen LogP contribution in [0.4, 0.5) is 11.4 Å². The Kier molecular flexibility index (Phi) is 5.39. The molecule has 0 aliphatic carbocycles. The number of carbonyl (C=O) groups is 1. The number of hydrogen-bond donors (Lipinski definition) is 1. The van der Waals surface area contributed by atoms with Crippen LogP contribution in [0.15, 0.2) is 36.4 Å². The van der Waals surface area contributed by atoms with Crippen LogP contribution in [0.5, 0.6) is 0 Å². The quantitative estimate of drug-likeness (QED) is 0.834. The lowest BCUT2D eigenvalue weighted by atomic mass is 10.1.